The summed E-state index contributed by atoms with van der Waals surface area (Å²) in [6, 6.07) is 6.26. The molecule has 27 heavy (non-hydrogen) atoms. The Morgan fingerprint density at radius 1 is 1.07 bits per heavy atom. The molecule has 0 bridgehead atoms. The maximum absolute atomic E-state index is 12.7. The summed E-state index contributed by atoms with van der Waals surface area (Å²) in [5.41, 5.74) is -0.189. The van der Waals surface area contributed by atoms with E-state index in [1.54, 1.807) is 24.3 Å². The van der Waals surface area contributed by atoms with Crippen molar-refractivity contribution in [2.24, 2.45) is 5.92 Å². The minimum atomic E-state index is -1.00. The Hall–Kier alpha value is -2.70. The lowest BCUT2D eigenvalue weighted by Gasteiger charge is -2.37. The van der Waals surface area contributed by atoms with Gasteiger partial charge in [-0.25, -0.2) is 4.79 Å². The van der Waals surface area contributed by atoms with Gasteiger partial charge in [-0.3, -0.25) is 19.3 Å². The van der Waals surface area contributed by atoms with E-state index in [1.165, 1.54) is 7.11 Å². The number of carbonyl (C=O) groups is 4. The minimum Gasteiger partial charge on any atom is -0.467 e. The summed E-state index contributed by atoms with van der Waals surface area (Å²) in [6.45, 7) is 2.13. The normalized spacial score (nSPS) is 25.4. The summed E-state index contributed by atoms with van der Waals surface area (Å²) in [6.07, 6.45) is 3.19. The number of anilines is 1. The molecule has 7 nitrogen and oxygen atoms in total. The van der Waals surface area contributed by atoms with Crippen molar-refractivity contribution in [2.45, 2.75) is 51.0 Å². The largest absolute Gasteiger partial charge is 0.467 e. The van der Waals surface area contributed by atoms with Crippen LogP contribution in [0.1, 0.15) is 55.8 Å². The second-order valence-electron chi connectivity index (χ2n) is 7.38. The second kappa shape index (κ2) is 7.50. The summed E-state index contributed by atoms with van der Waals surface area (Å²) in [5, 5.41) is 2.87. The van der Waals surface area contributed by atoms with Crippen LogP contribution in [0.3, 0.4) is 0 Å². The van der Waals surface area contributed by atoms with Crippen molar-refractivity contribution >= 4 is 29.4 Å². The van der Waals surface area contributed by atoms with E-state index in [9.17, 15) is 19.2 Å². The van der Waals surface area contributed by atoms with Crippen LogP contribution in [0, 0.1) is 5.92 Å². The molecule has 0 atom stereocenters. The Balaban J connectivity index is 1.76. The number of esters is 1. The van der Waals surface area contributed by atoms with E-state index in [-0.39, 0.29) is 30.6 Å². The van der Waals surface area contributed by atoms with Crippen LogP contribution in [-0.4, -0.2) is 36.3 Å². The zero-order chi connectivity index (χ0) is 19.6. The molecule has 1 aromatic carbocycles. The van der Waals surface area contributed by atoms with Crippen molar-refractivity contribution in [3.8, 4) is 0 Å². The number of methoxy groups -OCH3 is 1. The van der Waals surface area contributed by atoms with Crippen LogP contribution in [0.15, 0.2) is 24.3 Å². The molecule has 0 aromatic heterocycles. The van der Waals surface area contributed by atoms with Gasteiger partial charge in [-0.05, 0) is 55.9 Å². The quantitative estimate of drug-likeness (QED) is 0.646. The smallest absolute Gasteiger partial charge is 0.331 e. The third-order valence-corrected chi connectivity index (χ3v) is 5.50. The van der Waals surface area contributed by atoms with E-state index in [0.717, 1.165) is 17.7 Å². The molecule has 0 spiro atoms. The van der Waals surface area contributed by atoms with E-state index in [4.69, 9.17) is 4.74 Å². The first kappa shape index (κ1) is 19.1. The van der Waals surface area contributed by atoms with Crippen LogP contribution in [0.5, 0.6) is 0 Å². The highest BCUT2D eigenvalue weighted by molar-refractivity contribution is 6.19. The molecular weight excluding hydrogens is 348 g/mol. The number of hydrogen-bond donors (Lipinski definition) is 1. The summed E-state index contributed by atoms with van der Waals surface area (Å²) >= 11 is 0. The highest BCUT2D eigenvalue weighted by Gasteiger charge is 2.43. The van der Waals surface area contributed by atoms with Gasteiger partial charge in [-0.1, -0.05) is 6.92 Å². The number of nitrogens with one attached hydrogen (secondary N) is 1. The molecule has 144 valence electrons. The van der Waals surface area contributed by atoms with Crippen molar-refractivity contribution in [3.05, 3.63) is 29.8 Å². The molecule has 0 unspecified atom stereocenters. The Kier molecular flexibility index (Phi) is 5.30. The predicted octanol–water partition coefficient (Wildman–Crippen LogP) is 2.19. The summed E-state index contributed by atoms with van der Waals surface area (Å²) in [4.78, 5) is 49.8. The van der Waals surface area contributed by atoms with Gasteiger partial charge in [-0.15, -0.1) is 0 Å². The monoisotopic (exact) mass is 372 g/mol. The fraction of sp³-hybridized carbons (Fsp3) is 0.500. The Labute approximate surface area is 158 Å². The van der Waals surface area contributed by atoms with Crippen molar-refractivity contribution in [2.75, 3.05) is 12.0 Å². The zero-order valence-electron chi connectivity index (χ0n) is 15.6. The predicted molar refractivity (Wildman–Crippen MR) is 98.0 cm³/mol. The number of rotatable bonds is 4. The van der Waals surface area contributed by atoms with Gasteiger partial charge in [0.25, 0.3) is 5.91 Å². The topological polar surface area (TPSA) is 92.8 Å². The highest BCUT2D eigenvalue weighted by atomic mass is 16.5. The highest BCUT2D eigenvalue weighted by Crippen LogP contribution is 2.33. The molecule has 1 saturated heterocycles. The molecular formula is C20H24N2O5. The number of carbonyl (C=O) groups excluding carboxylic acids is 4. The van der Waals surface area contributed by atoms with Crippen LogP contribution in [0.4, 0.5) is 5.69 Å². The molecule has 7 heteroatoms. The van der Waals surface area contributed by atoms with Crippen molar-refractivity contribution in [1.29, 1.82) is 0 Å². The lowest BCUT2D eigenvalue weighted by molar-refractivity contribution is -0.150. The standard InChI is InChI=1S/C20H24N2O5/c1-13-9-11-20(12-10-13,19(26)27-2)21-18(25)14-3-5-15(6-4-14)22-16(23)7-8-17(22)24/h3-6,13H,7-12H2,1-2H3,(H,21,25). The van der Waals surface area contributed by atoms with E-state index in [0.29, 0.717) is 30.0 Å². The fourth-order valence-corrected chi connectivity index (χ4v) is 3.75. The Bertz CT molecular complexity index is 747. The number of imide groups is 1. The number of benzene rings is 1. The van der Waals surface area contributed by atoms with Crippen LogP contribution in [-0.2, 0) is 19.1 Å². The molecule has 0 radical (unpaired) electrons. The maximum atomic E-state index is 12.7. The summed E-state index contributed by atoms with van der Waals surface area (Å²) in [7, 11) is 1.33. The molecule has 3 rings (SSSR count). The third-order valence-electron chi connectivity index (χ3n) is 5.50. The zero-order valence-corrected chi connectivity index (χ0v) is 15.6. The first-order valence-corrected chi connectivity index (χ1v) is 9.23. The average molecular weight is 372 g/mol. The van der Waals surface area contributed by atoms with Crippen LogP contribution in [0.2, 0.25) is 0 Å². The van der Waals surface area contributed by atoms with E-state index < -0.39 is 11.5 Å². The van der Waals surface area contributed by atoms with E-state index in [1.807, 2.05) is 0 Å². The molecule has 2 fully saturated rings. The third kappa shape index (κ3) is 3.72. The molecule has 2 aliphatic rings. The van der Waals surface area contributed by atoms with E-state index >= 15 is 0 Å². The summed E-state index contributed by atoms with van der Waals surface area (Å²) in [5.74, 6) is -0.765. The minimum absolute atomic E-state index is 0.209. The number of ether oxygens (including phenoxy) is 1. The Morgan fingerprint density at radius 3 is 2.15 bits per heavy atom. The molecule has 1 saturated carbocycles. The average Bonchev–Trinajstić information content (AvgIpc) is 3.01. The molecule has 1 aliphatic carbocycles. The lowest BCUT2D eigenvalue weighted by atomic mass is 9.77. The van der Waals surface area contributed by atoms with Gasteiger partial charge in [0, 0.05) is 18.4 Å². The molecule has 1 N–H and O–H groups in total. The van der Waals surface area contributed by atoms with Gasteiger partial charge in [-0.2, -0.15) is 0 Å². The van der Waals surface area contributed by atoms with Crippen molar-refractivity contribution < 1.29 is 23.9 Å². The number of amides is 3. The van der Waals surface area contributed by atoms with E-state index in [2.05, 4.69) is 12.2 Å². The molecule has 3 amide bonds. The lowest BCUT2D eigenvalue weighted by Crippen LogP contribution is -2.56. The number of nitrogens with zero attached hydrogens (tertiary/aromatic N) is 1. The Morgan fingerprint density at radius 2 is 1.63 bits per heavy atom. The SMILES string of the molecule is COC(=O)C1(NC(=O)c2ccc(N3C(=O)CCC3=O)cc2)CCC(C)CC1. The van der Waals surface area contributed by atoms with Gasteiger partial charge in [0.2, 0.25) is 11.8 Å². The molecule has 1 heterocycles. The molecule has 1 aliphatic heterocycles. The molecule has 1 aromatic rings. The van der Waals surface area contributed by atoms with Gasteiger partial charge in [0.1, 0.15) is 5.54 Å². The summed E-state index contributed by atoms with van der Waals surface area (Å²) < 4.78 is 4.94. The second-order valence-corrected chi connectivity index (χ2v) is 7.38. The van der Waals surface area contributed by atoms with Gasteiger partial charge < -0.3 is 10.1 Å². The number of hydrogen-bond acceptors (Lipinski definition) is 5. The first-order valence-electron chi connectivity index (χ1n) is 9.23. The van der Waals surface area contributed by atoms with Crippen LogP contribution in [0.25, 0.3) is 0 Å². The van der Waals surface area contributed by atoms with Gasteiger partial charge in [0.15, 0.2) is 0 Å². The van der Waals surface area contributed by atoms with Gasteiger partial charge >= 0.3 is 5.97 Å². The van der Waals surface area contributed by atoms with Crippen LogP contribution < -0.4 is 10.2 Å². The van der Waals surface area contributed by atoms with Crippen LogP contribution >= 0.6 is 0 Å². The van der Waals surface area contributed by atoms with Crippen molar-refractivity contribution in [3.63, 3.8) is 0 Å². The maximum Gasteiger partial charge on any atom is 0.331 e. The van der Waals surface area contributed by atoms with Crippen molar-refractivity contribution in [1.82, 2.24) is 5.32 Å². The fourth-order valence-electron chi connectivity index (χ4n) is 3.75. The first-order chi connectivity index (χ1) is 12.9. The van der Waals surface area contributed by atoms with Gasteiger partial charge in [0.05, 0.1) is 12.8 Å².